The molecule has 1 atom stereocenters. The zero-order valence-corrected chi connectivity index (χ0v) is 13.0. The van der Waals surface area contributed by atoms with Crippen molar-refractivity contribution in [1.82, 2.24) is 19.9 Å². The SMILES string of the molecule is CCC1CCCCN1C(=O)Cc1cnnn1-c1ccccc1. The van der Waals surface area contributed by atoms with Crippen LogP contribution in [0, 0.1) is 0 Å². The minimum Gasteiger partial charge on any atom is -0.339 e. The average molecular weight is 298 g/mol. The zero-order valence-electron chi connectivity index (χ0n) is 13.0. The van der Waals surface area contributed by atoms with Gasteiger partial charge in [-0.15, -0.1) is 5.10 Å². The first-order chi connectivity index (χ1) is 10.8. The maximum absolute atomic E-state index is 12.7. The van der Waals surface area contributed by atoms with Gasteiger partial charge in [-0.3, -0.25) is 4.79 Å². The maximum Gasteiger partial charge on any atom is 0.228 e. The number of amides is 1. The lowest BCUT2D eigenvalue weighted by Crippen LogP contribution is -2.44. The Morgan fingerprint density at radius 3 is 2.86 bits per heavy atom. The summed E-state index contributed by atoms with van der Waals surface area (Å²) in [5.41, 5.74) is 1.78. The highest BCUT2D eigenvalue weighted by Crippen LogP contribution is 2.21. The Kier molecular flexibility index (Phi) is 4.51. The van der Waals surface area contributed by atoms with Crippen molar-refractivity contribution in [3.05, 3.63) is 42.2 Å². The van der Waals surface area contributed by atoms with E-state index in [0.29, 0.717) is 12.5 Å². The third kappa shape index (κ3) is 3.03. The highest BCUT2D eigenvalue weighted by atomic mass is 16.2. The molecule has 1 saturated heterocycles. The van der Waals surface area contributed by atoms with E-state index in [0.717, 1.165) is 37.2 Å². The number of likely N-dealkylation sites (tertiary alicyclic amines) is 1. The number of hydrogen-bond donors (Lipinski definition) is 0. The normalized spacial score (nSPS) is 18.4. The molecule has 1 unspecified atom stereocenters. The van der Waals surface area contributed by atoms with Gasteiger partial charge in [-0.2, -0.15) is 0 Å². The van der Waals surface area contributed by atoms with Crippen LogP contribution >= 0.6 is 0 Å². The number of carbonyl (C=O) groups is 1. The van der Waals surface area contributed by atoms with E-state index in [2.05, 4.69) is 17.2 Å². The number of rotatable bonds is 4. The Hall–Kier alpha value is -2.17. The Morgan fingerprint density at radius 2 is 2.09 bits per heavy atom. The molecule has 0 spiro atoms. The fourth-order valence-corrected chi connectivity index (χ4v) is 3.17. The second-order valence-corrected chi connectivity index (χ2v) is 5.79. The lowest BCUT2D eigenvalue weighted by Gasteiger charge is -2.35. The summed E-state index contributed by atoms with van der Waals surface area (Å²) in [6.07, 6.45) is 6.54. The molecule has 0 aliphatic carbocycles. The van der Waals surface area contributed by atoms with Crippen molar-refractivity contribution in [2.75, 3.05) is 6.54 Å². The summed E-state index contributed by atoms with van der Waals surface area (Å²) in [5, 5.41) is 8.10. The van der Waals surface area contributed by atoms with E-state index in [1.807, 2.05) is 35.2 Å². The molecular weight excluding hydrogens is 276 g/mol. The first-order valence-electron chi connectivity index (χ1n) is 8.04. The van der Waals surface area contributed by atoms with Crippen molar-refractivity contribution in [1.29, 1.82) is 0 Å². The smallest absolute Gasteiger partial charge is 0.228 e. The molecule has 1 aliphatic heterocycles. The van der Waals surface area contributed by atoms with E-state index in [-0.39, 0.29) is 5.91 Å². The van der Waals surface area contributed by atoms with Crippen LogP contribution in [-0.2, 0) is 11.2 Å². The van der Waals surface area contributed by atoms with Crippen LogP contribution in [0.4, 0.5) is 0 Å². The minimum absolute atomic E-state index is 0.186. The van der Waals surface area contributed by atoms with Gasteiger partial charge in [0.1, 0.15) is 0 Å². The van der Waals surface area contributed by atoms with Crippen LogP contribution in [0.25, 0.3) is 5.69 Å². The van der Waals surface area contributed by atoms with Gasteiger partial charge in [-0.25, -0.2) is 4.68 Å². The summed E-state index contributed by atoms with van der Waals surface area (Å²) in [7, 11) is 0. The predicted octanol–water partition coefficient (Wildman–Crippen LogP) is 2.60. The van der Waals surface area contributed by atoms with Crippen molar-refractivity contribution in [3.8, 4) is 5.69 Å². The van der Waals surface area contributed by atoms with Crippen LogP contribution < -0.4 is 0 Å². The molecule has 22 heavy (non-hydrogen) atoms. The average Bonchev–Trinajstić information content (AvgIpc) is 3.03. The zero-order chi connectivity index (χ0) is 15.4. The fourth-order valence-electron chi connectivity index (χ4n) is 3.17. The fraction of sp³-hybridized carbons (Fsp3) is 0.471. The van der Waals surface area contributed by atoms with Crippen LogP contribution in [0.2, 0.25) is 0 Å². The topological polar surface area (TPSA) is 51.0 Å². The molecule has 2 heterocycles. The molecule has 116 valence electrons. The Balaban J connectivity index is 1.76. The summed E-state index contributed by atoms with van der Waals surface area (Å²) in [6.45, 7) is 3.04. The van der Waals surface area contributed by atoms with E-state index < -0.39 is 0 Å². The second-order valence-electron chi connectivity index (χ2n) is 5.79. The summed E-state index contributed by atoms with van der Waals surface area (Å²) in [6, 6.07) is 10.2. The van der Waals surface area contributed by atoms with Gasteiger partial charge in [0.2, 0.25) is 5.91 Å². The van der Waals surface area contributed by atoms with Crippen LogP contribution in [0.1, 0.15) is 38.3 Å². The minimum atomic E-state index is 0.186. The van der Waals surface area contributed by atoms with E-state index >= 15 is 0 Å². The monoisotopic (exact) mass is 298 g/mol. The van der Waals surface area contributed by atoms with Gasteiger partial charge in [0.05, 0.1) is 24.0 Å². The molecule has 5 nitrogen and oxygen atoms in total. The molecular formula is C17H22N4O. The van der Waals surface area contributed by atoms with Crippen molar-refractivity contribution >= 4 is 5.91 Å². The first kappa shape index (κ1) is 14.8. The van der Waals surface area contributed by atoms with Crippen LogP contribution in [0.5, 0.6) is 0 Å². The molecule has 1 aliphatic rings. The van der Waals surface area contributed by atoms with Crippen LogP contribution in [-0.4, -0.2) is 38.4 Å². The quantitative estimate of drug-likeness (QED) is 0.872. The molecule has 0 saturated carbocycles. The summed E-state index contributed by atoms with van der Waals surface area (Å²) < 4.78 is 1.75. The molecule has 1 aromatic carbocycles. The summed E-state index contributed by atoms with van der Waals surface area (Å²) >= 11 is 0. The number of nitrogens with zero attached hydrogens (tertiary/aromatic N) is 4. The van der Waals surface area contributed by atoms with Crippen LogP contribution in [0.15, 0.2) is 36.5 Å². The largest absolute Gasteiger partial charge is 0.339 e. The van der Waals surface area contributed by atoms with Gasteiger partial charge in [0, 0.05) is 12.6 Å². The molecule has 1 aromatic heterocycles. The molecule has 0 radical (unpaired) electrons. The number of aromatic nitrogens is 3. The molecule has 3 rings (SSSR count). The van der Waals surface area contributed by atoms with E-state index in [1.165, 1.54) is 6.42 Å². The van der Waals surface area contributed by atoms with Gasteiger partial charge < -0.3 is 4.90 Å². The third-order valence-corrected chi connectivity index (χ3v) is 4.37. The number of para-hydroxylation sites is 1. The molecule has 0 bridgehead atoms. The molecule has 5 heteroatoms. The summed E-state index contributed by atoms with van der Waals surface area (Å²) in [5.74, 6) is 0.186. The maximum atomic E-state index is 12.7. The molecule has 0 N–H and O–H groups in total. The standard InChI is InChI=1S/C17H22N4O/c1-2-14-8-6-7-11-20(14)17(22)12-16-13-18-19-21(16)15-9-4-3-5-10-15/h3-5,9-10,13-14H,2,6-8,11-12H2,1H3. The van der Waals surface area contributed by atoms with Crippen LogP contribution in [0.3, 0.4) is 0 Å². The lowest BCUT2D eigenvalue weighted by atomic mass is 9.99. The van der Waals surface area contributed by atoms with Crippen molar-refractivity contribution in [2.45, 2.75) is 45.1 Å². The van der Waals surface area contributed by atoms with E-state index in [4.69, 9.17) is 0 Å². The van der Waals surface area contributed by atoms with E-state index in [9.17, 15) is 4.79 Å². The highest BCUT2D eigenvalue weighted by molar-refractivity contribution is 5.78. The summed E-state index contributed by atoms with van der Waals surface area (Å²) in [4.78, 5) is 14.7. The highest BCUT2D eigenvalue weighted by Gasteiger charge is 2.26. The van der Waals surface area contributed by atoms with Crippen molar-refractivity contribution < 1.29 is 4.79 Å². The molecule has 2 aromatic rings. The van der Waals surface area contributed by atoms with Crippen molar-refractivity contribution in [2.24, 2.45) is 0 Å². The van der Waals surface area contributed by atoms with Gasteiger partial charge in [0.15, 0.2) is 0 Å². The van der Waals surface area contributed by atoms with Gasteiger partial charge in [0.25, 0.3) is 0 Å². The second kappa shape index (κ2) is 6.73. The first-order valence-corrected chi connectivity index (χ1v) is 8.04. The Bertz CT molecular complexity index is 623. The number of benzene rings is 1. The van der Waals surface area contributed by atoms with Crippen molar-refractivity contribution in [3.63, 3.8) is 0 Å². The number of carbonyl (C=O) groups excluding carboxylic acids is 1. The number of hydrogen-bond acceptors (Lipinski definition) is 3. The lowest BCUT2D eigenvalue weighted by molar-refractivity contribution is -0.134. The molecule has 1 amide bonds. The third-order valence-electron chi connectivity index (χ3n) is 4.37. The molecule has 1 fully saturated rings. The number of piperidine rings is 1. The van der Waals surface area contributed by atoms with E-state index in [1.54, 1.807) is 10.9 Å². The Morgan fingerprint density at radius 1 is 1.27 bits per heavy atom. The van der Waals surface area contributed by atoms with Gasteiger partial charge in [-0.1, -0.05) is 30.3 Å². The predicted molar refractivity (Wildman–Crippen MR) is 84.7 cm³/mol. The van der Waals surface area contributed by atoms with Gasteiger partial charge in [-0.05, 0) is 37.8 Å². The Labute approximate surface area is 130 Å². The van der Waals surface area contributed by atoms with Gasteiger partial charge >= 0.3 is 0 Å².